The minimum Gasteiger partial charge on any atom is -0.476 e. The lowest BCUT2D eigenvalue weighted by atomic mass is 10.2. The van der Waals surface area contributed by atoms with E-state index in [0.29, 0.717) is 11.4 Å². The molecular weight excluding hydrogens is 346 g/mol. The first-order chi connectivity index (χ1) is 12.0. The molecule has 0 saturated carbocycles. The predicted octanol–water partition coefficient (Wildman–Crippen LogP) is 1.68. The van der Waals surface area contributed by atoms with Crippen molar-refractivity contribution in [2.45, 2.75) is 13.0 Å². The lowest BCUT2D eigenvalue weighted by Crippen LogP contribution is -2.48. The summed E-state index contributed by atoms with van der Waals surface area (Å²) in [5.41, 5.74) is 0.626. The van der Waals surface area contributed by atoms with E-state index in [1.165, 1.54) is 25.1 Å². The minimum atomic E-state index is -0.885. The normalized spacial score (nSPS) is 15.8. The number of amides is 2. The van der Waals surface area contributed by atoms with Crippen LogP contribution >= 0.6 is 11.3 Å². The van der Waals surface area contributed by atoms with Crippen molar-refractivity contribution in [3.05, 3.63) is 35.3 Å². The zero-order valence-electron chi connectivity index (χ0n) is 13.5. The average Bonchev–Trinajstić information content (AvgIpc) is 3.08. The van der Waals surface area contributed by atoms with Gasteiger partial charge >= 0.3 is 5.97 Å². The molecule has 1 unspecified atom stereocenters. The number of nitrogens with zero attached hydrogens (tertiary/aromatic N) is 2. The molecule has 1 aliphatic heterocycles. The maximum absolute atomic E-state index is 12.5. The summed E-state index contributed by atoms with van der Waals surface area (Å²) in [5.74, 6) is -0.704. The van der Waals surface area contributed by atoms with Crippen LogP contribution in [0.15, 0.2) is 30.5 Å². The van der Waals surface area contributed by atoms with E-state index in [0.717, 1.165) is 11.3 Å². The largest absolute Gasteiger partial charge is 0.476 e. The summed E-state index contributed by atoms with van der Waals surface area (Å²) in [5, 5.41) is 2.85. The van der Waals surface area contributed by atoms with Crippen LogP contribution in [0.5, 0.6) is 5.75 Å². The van der Waals surface area contributed by atoms with Crippen LogP contribution in [0.1, 0.15) is 16.6 Å². The molecular formula is C16H15N3O5S. The Morgan fingerprint density at radius 1 is 1.36 bits per heavy atom. The number of nitrogens with one attached hydrogen (secondary N) is 1. The number of rotatable bonds is 3. The summed E-state index contributed by atoms with van der Waals surface area (Å²) >= 11 is 0.997. The fourth-order valence-corrected chi connectivity index (χ4v) is 3.12. The number of para-hydroxylation sites is 2. The van der Waals surface area contributed by atoms with Gasteiger partial charge in [0.15, 0.2) is 11.2 Å². The smallest absolute Gasteiger partial charge is 0.349 e. The summed E-state index contributed by atoms with van der Waals surface area (Å²) in [6.07, 6.45) is 0.439. The second-order valence-electron chi connectivity index (χ2n) is 5.21. The number of hydrogen-bond donors (Lipinski definition) is 1. The van der Waals surface area contributed by atoms with Gasteiger partial charge in [-0.15, -0.1) is 0 Å². The molecule has 8 nitrogen and oxygen atoms in total. The Labute approximate surface area is 147 Å². The van der Waals surface area contributed by atoms with Crippen LogP contribution in [-0.4, -0.2) is 42.5 Å². The molecule has 0 fully saturated rings. The second kappa shape index (κ2) is 6.89. The maximum atomic E-state index is 12.5. The molecule has 2 aromatic rings. The summed E-state index contributed by atoms with van der Waals surface area (Å²) in [7, 11) is 1.27. The van der Waals surface area contributed by atoms with E-state index in [4.69, 9.17) is 4.74 Å². The van der Waals surface area contributed by atoms with Crippen LogP contribution in [0.25, 0.3) is 0 Å². The first-order valence-corrected chi connectivity index (χ1v) is 8.20. The molecule has 1 N–H and O–H groups in total. The topological polar surface area (TPSA) is 97.8 Å². The lowest BCUT2D eigenvalue weighted by molar-refractivity contribution is -0.123. The standard InChI is InChI=1S/C16H15N3O5S/c1-9(20)19-8-12(24-11-6-4-3-5-10(11)19)14(21)18-16-17-7-13(25-16)15(22)23-2/h3-7,12H,8H2,1-2H3,(H,17,18,21). The Morgan fingerprint density at radius 3 is 2.84 bits per heavy atom. The molecule has 1 aromatic heterocycles. The van der Waals surface area contributed by atoms with Crippen molar-refractivity contribution in [1.82, 2.24) is 4.98 Å². The molecule has 0 spiro atoms. The monoisotopic (exact) mass is 361 g/mol. The molecule has 0 aliphatic carbocycles. The van der Waals surface area contributed by atoms with Crippen molar-refractivity contribution in [1.29, 1.82) is 0 Å². The lowest BCUT2D eigenvalue weighted by Gasteiger charge is -2.33. The zero-order valence-corrected chi connectivity index (χ0v) is 14.3. The molecule has 2 heterocycles. The Hall–Kier alpha value is -2.94. The van der Waals surface area contributed by atoms with Gasteiger partial charge in [-0.25, -0.2) is 9.78 Å². The molecule has 3 rings (SSSR count). The first kappa shape index (κ1) is 16.9. The Balaban J connectivity index is 1.76. The van der Waals surface area contributed by atoms with Gasteiger partial charge in [-0.2, -0.15) is 0 Å². The Bertz CT molecular complexity index is 835. The highest BCUT2D eigenvalue weighted by molar-refractivity contribution is 7.17. The SMILES string of the molecule is COC(=O)c1cnc(NC(=O)C2CN(C(C)=O)c3ccccc3O2)s1. The Kier molecular flexibility index (Phi) is 4.66. The van der Waals surface area contributed by atoms with Crippen molar-refractivity contribution in [3.8, 4) is 5.75 Å². The van der Waals surface area contributed by atoms with E-state index >= 15 is 0 Å². The van der Waals surface area contributed by atoms with E-state index in [1.54, 1.807) is 24.3 Å². The number of esters is 1. The third-order valence-electron chi connectivity index (χ3n) is 3.57. The van der Waals surface area contributed by atoms with Gasteiger partial charge in [-0.3, -0.25) is 14.9 Å². The van der Waals surface area contributed by atoms with E-state index in [9.17, 15) is 14.4 Å². The van der Waals surface area contributed by atoms with Crippen LogP contribution in [0.4, 0.5) is 10.8 Å². The fourth-order valence-electron chi connectivity index (χ4n) is 2.38. The molecule has 1 aliphatic rings. The Morgan fingerprint density at radius 2 is 2.12 bits per heavy atom. The predicted molar refractivity (Wildman–Crippen MR) is 91.0 cm³/mol. The third-order valence-corrected chi connectivity index (χ3v) is 4.46. The number of hydrogen-bond acceptors (Lipinski definition) is 7. The summed E-state index contributed by atoms with van der Waals surface area (Å²) in [6.45, 7) is 1.52. The zero-order chi connectivity index (χ0) is 18.0. The molecule has 2 amide bonds. The number of ether oxygens (including phenoxy) is 2. The van der Waals surface area contributed by atoms with Crippen LogP contribution in [0, 0.1) is 0 Å². The molecule has 0 radical (unpaired) electrons. The molecule has 1 atom stereocenters. The van der Waals surface area contributed by atoms with Gasteiger partial charge in [-0.1, -0.05) is 23.5 Å². The number of methoxy groups -OCH3 is 1. The van der Waals surface area contributed by atoms with Crippen molar-refractivity contribution in [2.75, 3.05) is 23.9 Å². The number of carbonyl (C=O) groups is 3. The van der Waals surface area contributed by atoms with Gasteiger partial charge in [0.2, 0.25) is 5.91 Å². The number of thiazole rings is 1. The molecule has 0 bridgehead atoms. The maximum Gasteiger partial charge on any atom is 0.349 e. The minimum absolute atomic E-state index is 0.0907. The number of anilines is 2. The van der Waals surface area contributed by atoms with Crippen LogP contribution < -0.4 is 15.0 Å². The highest BCUT2D eigenvalue weighted by atomic mass is 32.1. The van der Waals surface area contributed by atoms with Crippen molar-refractivity contribution < 1.29 is 23.9 Å². The van der Waals surface area contributed by atoms with Gasteiger partial charge in [0, 0.05) is 6.92 Å². The average molecular weight is 361 g/mol. The highest BCUT2D eigenvalue weighted by Gasteiger charge is 2.32. The summed E-state index contributed by atoms with van der Waals surface area (Å²) in [4.78, 5) is 41.5. The van der Waals surface area contributed by atoms with E-state index < -0.39 is 18.0 Å². The molecule has 1 aromatic carbocycles. The van der Waals surface area contributed by atoms with E-state index in [1.807, 2.05) is 0 Å². The van der Waals surface area contributed by atoms with Crippen LogP contribution in [0.3, 0.4) is 0 Å². The second-order valence-corrected chi connectivity index (χ2v) is 6.24. The fraction of sp³-hybridized carbons (Fsp3) is 0.250. The van der Waals surface area contributed by atoms with Crippen molar-refractivity contribution in [3.63, 3.8) is 0 Å². The summed E-state index contributed by atoms with van der Waals surface area (Å²) < 4.78 is 10.3. The van der Waals surface area contributed by atoms with Gasteiger partial charge in [0.1, 0.15) is 10.6 Å². The molecule has 9 heteroatoms. The van der Waals surface area contributed by atoms with Gasteiger partial charge in [0.05, 0.1) is 25.5 Å². The molecule has 0 saturated heterocycles. The highest BCUT2D eigenvalue weighted by Crippen LogP contribution is 2.33. The van der Waals surface area contributed by atoms with Crippen molar-refractivity contribution >= 4 is 39.9 Å². The molecule has 130 valence electrons. The number of fused-ring (bicyclic) bond motifs is 1. The number of aromatic nitrogens is 1. The van der Waals surface area contributed by atoms with Gasteiger partial charge in [0.25, 0.3) is 5.91 Å². The van der Waals surface area contributed by atoms with E-state index in [2.05, 4.69) is 15.0 Å². The van der Waals surface area contributed by atoms with Crippen LogP contribution in [0.2, 0.25) is 0 Å². The first-order valence-electron chi connectivity index (χ1n) is 7.38. The molecule has 25 heavy (non-hydrogen) atoms. The number of benzene rings is 1. The quantitative estimate of drug-likeness (QED) is 0.836. The van der Waals surface area contributed by atoms with Crippen LogP contribution in [-0.2, 0) is 14.3 Å². The third kappa shape index (κ3) is 3.45. The van der Waals surface area contributed by atoms with Gasteiger partial charge in [-0.05, 0) is 12.1 Å². The number of carbonyl (C=O) groups excluding carboxylic acids is 3. The van der Waals surface area contributed by atoms with Gasteiger partial charge < -0.3 is 14.4 Å². The van der Waals surface area contributed by atoms with E-state index in [-0.39, 0.29) is 22.5 Å². The van der Waals surface area contributed by atoms with Crippen molar-refractivity contribution in [2.24, 2.45) is 0 Å². The summed E-state index contributed by atoms with van der Waals surface area (Å²) in [6, 6.07) is 7.02.